The number of hydrogen-bond donors (Lipinski definition) is 2. The maximum atomic E-state index is 13.3. The van der Waals surface area contributed by atoms with Crippen molar-refractivity contribution in [3.63, 3.8) is 0 Å². The highest BCUT2D eigenvalue weighted by Gasteiger charge is 2.34. The van der Waals surface area contributed by atoms with Crippen LogP contribution >= 0.6 is 0 Å². The number of aryl methyl sites for hydroxylation is 3. The summed E-state index contributed by atoms with van der Waals surface area (Å²) in [7, 11) is -3.60. The number of sulfonamides is 1. The Morgan fingerprint density at radius 2 is 1.79 bits per heavy atom. The number of hydrogen-bond acceptors (Lipinski definition) is 3. The summed E-state index contributed by atoms with van der Waals surface area (Å²) in [6.07, 6.45) is 1.45. The van der Waals surface area contributed by atoms with E-state index in [2.05, 4.69) is 19.2 Å². The number of likely N-dealkylation sites (N-methyl/N-ethyl adjacent to an activating group) is 1. The van der Waals surface area contributed by atoms with Crippen molar-refractivity contribution in [1.82, 2.24) is 9.62 Å². The molecule has 0 aromatic heterocycles. The number of benzene rings is 1. The molecule has 0 radical (unpaired) electrons. The number of quaternary nitrogens is 1. The third-order valence-corrected chi connectivity index (χ3v) is 7.91. The lowest BCUT2D eigenvalue weighted by atomic mass is 9.99. The van der Waals surface area contributed by atoms with Crippen LogP contribution in [0.25, 0.3) is 0 Å². The van der Waals surface area contributed by atoms with Crippen LogP contribution < -0.4 is 10.2 Å². The number of piperidine rings is 1. The van der Waals surface area contributed by atoms with E-state index in [1.807, 2.05) is 32.9 Å². The van der Waals surface area contributed by atoms with Gasteiger partial charge in [0.25, 0.3) is 0 Å². The van der Waals surface area contributed by atoms with Gasteiger partial charge in [-0.05, 0) is 58.6 Å². The minimum atomic E-state index is -3.60. The largest absolute Gasteiger partial charge is 0.350 e. The lowest BCUT2D eigenvalue weighted by molar-refractivity contribution is -0.895. The Bertz CT molecular complexity index is 765. The molecule has 1 fully saturated rings. The summed E-state index contributed by atoms with van der Waals surface area (Å²) in [5, 5.41) is 3.01. The van der Waals surface area contributed by atoms with Gasteiger partial charge in [0.15, 0.2) is 0 Å². The van der Waals surface area contributed by atoms with E-state index in [-0.39, 0.29) is 18.4 Å². The first-order chi connectivity index (χ1) is 13.2. The molecule has 158 valence electrons. The van der Waals surface area contributed by atoms with E-state index < -0.39 is 10.0 Å². The van der Waals surface area contributed by atoms with Gasteiger partial charge in [-0.25, -0.2) is 8.42 Å². The molecule has 7 heteroatoms. The fourth-order valence-electron chi connectivity index (χ4n) is 4.19. The van der Waals surface area contributed by atoms with Crippen LogP contribution in [0.15, 0.2) is 17.0 Å². The Labute approximate surface area is 170 Å². The van der Waals surface area contributed by atoms with Crippen LogP contribution in [0.2, 0.25) is 0 Å². The predicted octanol–water partition coefficient (Wildman–Crippen LogP) is 1.05. The van der Waals surface area contributed by atoms with E-state index in [1.165, 1.54) is 9.21 Å². The first-order valence-electron chi connectivity index (χ1n) is 10.4. The Balaban J connectivity index is 2.07. The van der Waals surface area contributed by atoms with Crippen LogP contribution in [0.1, 0.15) is 43.4 Å². The van der Waals surface area contributed by atoms with Gasteiger partial charge in [-0.3, -0.25) is 4.79 Å². The minimum absolute atomic E-state index is 0.0243. The number of carbonyl (C=O) groups is 1. The summed E-state index contributed by atoms with van der Waals surface area (Å²) in [6, 6.07) is 3.81. The van der Waals surface area contributed by atoms with Crippen molar-refractivity contribution < 1.29 is 18.1 Å². The van der Waals surface area contributed by atoms with Gasteiger partial charge in [-0.2, -0.15) is 4.31 Å². The minimum Gasteiger partial charge on any atom is -0.350 e. The van der Waals surface area contributed by atoms with Crippen LogP contribution in [0.5, 0.6) is 0 Å². The molecule has 0 bridgehead atoms. The van der Waals surface area contributed by atoms with E-state index in [0.29, 0.717) is 24.4 Å². The van der Waals surface area contributed by atoms with Crippen LogP contribution in [0, 0.1) is 26.7 Å². The monoisotopic (exact) mass is 410 g/mol. The van der Waals surface area contributed by atoms with Crippen LogP contribution in [0.3, 0.4) is 0 Å². The normalized spacial score (nSPS) is 18.4. The molecule has 1 saturated heterocycles. The van der Waals surface area contributed by atoms with Gasteiger partial charge in [0.1, 0.15) is 0 Å². The lowest BCUT2D eigenvalue weighted by Gasteiger charge is -2.32. The highest BCUT2D eigenvalue weighted by atomic mass is 32.2. The number of carbonyl (C=O) groups excluding carboxylic acids is 1. The van der Waals surface area contributed by atoms with Gasteiger partial charge in [0.05, 0.1) is 37.0 Å². The number of nitrogens with one attached hydrogen (secondary N) is 2. The molecule has 28 heavy (non-hydrogen) atoms. The molecule has 0 aliphatic carbocycles. The second-order valence-corrected chi connectivity index (χ2v) is 9.80. The molecule has 0 spiro atoms. The maximum absolute atomic E-state index is 13.3. The lowest BCUT2D eigenvalue weighted by Crippen LogP contribution is -3.12. The average Bonchev–Trinajstić information content (AvgIpc) is 2.64. The van der Waals surface area contributed by atoms with E-state index in [0.717, 1.165) is 42.7 Å². The van der Waals surface area contributed by atoms with Crippen molar-refractivity contribution in [3.8, 4) is 0 Å². The van der Waals surface area contributed by atoms with Crippen molar-refractivity contribution in [3.05, 3.63) is 28.8 Å². The smallest absolute Gasteiger partial charge is 0.243 e. The molecule has 6 nitrogen and oxygen atoms in total. The van der Waals surface area contributed by atoms with Gasteiger partial charge in [0.2, 0.25) is 15.9 Å². The molecule has 2 N–H and O–H groups in total. The summed E-state index contributed by atoms with van der Waals surface area (Å²) in [4.78, 5) is 14.4. The molecule has 1 aromatic carbocycles. The molecule has 1 aliphatic rings. The summed E-state index contributed by atoms with van der Waals surface area (Å²) in [6.45, 7) is 14.3. The summed E-state index contributed by atoms with van der Waals surface area (Å²) >= 11 is 0. The zero-order valence-corrected chi connectivity index (χ0v) is 18.8. The highest BCUT2D eigenvalue weighted by Crippen LogP contribution is 2.28. The Hall–Kier alpha value is -1.44. The Morgan fingerprint density at radius 3 is 2.36 bits per heavy atom. The Morgan fingerprint density at radius 1 is 1.18 bits per heavy atom. The topological polar surface area (TPSA) is 70.9 Å². The number of rotatable bonds is 8. The first kappa shape index (κ1) is 22.8. The second kappa shape index (κ2) is 9.85. The number of amides is 1. The average molecular weight is 411 g/mol. The predicted molar refractivity (Wildman–Crippen MR) is 112 cm³/mol. The standard InChI is InChI=1S/C21H35N3O3S/c1-6-23(7-2)12-10-22-21(25)19-9-8-11-24(15-19)28(26,27)20-17(4)13-16(3)14-18(20)5/h13-14,19H,6-12,15H2,1-5H3,(H,22,25)/p+1/t19-/m0/s1. The molecule has 1 atom stereocenters. The van der Waals surface area contributed by atoms with Crippen molar-refractivity contribution in [2.24, 2.45) is 5.92 Å². The molecule has 1 aliphatic heterocycles. The molecule has 1 aromatic rings. The fourth-order valence-corrected chi connectivity index (χ4v) is 6.12. The fraction of sp³-hybridized carbons (Fsp3) is 0.667. The summed E-state index contributed by atoms with van der Waals surface area (Å²) in [5.74, 6) is -0.301. The van der Waals surface area contributed by atoms with Crippen molar-refractivity contribution in [2.45, 2.75) is 52.4 Å². The molecular formula is C21H36N3O3S+. The summed E-state index contributed by atoms with van der Waals surface area (Å²) in [5.41, 5.74) is 2.60. The Kier molecular flexibility index (Phi) is 8.04. The van der Waals surface area contributed by atoms with Crippen LogP contribution in [-0.2, 0) is 14.8 Å². The van der Waals surface area contributed by atoms with Gasteiger partial charge >= 0.3 is 0 Å². The maximum Gasteiger partial charge on any atom is 0.243 e. The van der Waals surface area contributed by atoms with Crippen LogP contribution in [-0.4, -0.2) is 57.9 Å². The third-order valence-electron chi connectivity index (χ3n) is 5.74. The van der Waals surface area contributed by atoms with Crippen molar-refractivity contribution >= 4 is 15.9 Å². The second-order valence-electron chi connectivity index (χ2n) is 7.93. The molecule has 2 rings (SSSR count). The highest BCUT2D eigenvalue weighted by molar-refractivity contribution is 7.89. The molecule has 1 heterocycles. The zero-order valence-electron chi connectivity index (χ0n) is 18.0. The van der Waals surface area contributed by atoms with Gasteiger partial charge in [-0.1, -0.05) is 17.7 Å². The zero-order chi connectivity index (χ0) is 20.9. The molecule has 0 unspecified atom stereocenters. The van der Waals surface area contributed by atoms with E-state index in [1.54, 1.807) is 0 Å². The molecular weight excluding hydrogens is 374 g/mol. The van der Waals surface area contributed by atoms with E-state index >= 15 is 0 Å². The van der Waals surface area contributed by atoms with Crippen molar-refractivity contribution in [2.75, 3.05) is 39.3 Å². The van der Waals surface area contributed by atoms with Gasteiger partial charge in [0, 0.05) is 13.1 Å². The SMILES string of the molecule is CC[NH+](CC)CCNC(=O)[C@H]1CCCN(S(=O)(=O)c2c(C)cc(C)cc2C)C1. The molecule has 1 amide bonds. The quantitative estimate of drug-likeness (QED) is 0.673. The van der Waals surface area contributed by atoms with Crippen LogP contribution in [0.4, 0.5) is 0 Å². The van der Waals surface area contributed by atoms with E-state index in [4.69, 9.17) is 0 Å². The first-order valence-corrected chi connectivity index (χ1v) is 11.8. The van der Waals surface area contributed by atoms with E-state index in [9.17, 15) is 13.2 Å². The number of nitrogens with zero attached hydrogens (tertiary/aromatic N) is 1. The molecule has 0 saturated carbocycles. The van der Waals surface area contributed by atoms with Crippen molar-refractivity contribution in [1.29, 1.82) is 0 Å². The summed E-state index contributed by atoms with van der Waals surface area (Å²) < 4.78 is 28.1. The van der Waals surface area contributed by atoms with Gasteiger partial charge < -0.3 is 10.2 Å². The van der Waals surface area contributed by atoms with Gasteiger partial charge in [-0.15, -0.1) is 0 Å². The third kappa shape index (κ3) is 5.33.